The van der Waals surface area contributed by atoms with Gasteiger partial charge in [0.05, 0.1) is 6.10 Å². The SMILES string of the molecule is CC(C)(C)[Si](C)(C)OC1CCCC(=O)c2ccc(Cl)cc21. The fraction of sp³-hybridized carbons (Fsp3) is 0.588. The van der Waals surface area contributed by atoms with Crippen molar-refractivity contribution in [3.05, 3.63) is 34.3 Å². The molecule has 2 rings (SSSR count). The number of carbonyl (C=O) groups is 1. The Labute approximate surface area is 134 Å². The van der Waals surface area contributed by atoms with Gasteiger partial charge >= 0.3 is 0 Å². The number of benzene rings is 1. The maximum absolute atomic E-state index is 12.2. The normalized spacial score (nSPS) is 20.1. The zero-order valence-electron chi connectivity index (χ0n) is 13.6. The van der Waals surface area contributed by atoms with E-state index < -0.39 is 8.32 Å². The van der Waals surface area contributed by atoms with Gasteiger partial charge in [-0.25, -0.2) is 0 Å². The fourth-order valence-corrected chi connectivity index (χ4v) is 3.94. The lowest BCUT2D eigenvalue weighted by Crippen LogP contribution is -2.41. The van der Waals surface area contributed by atoms with Crippen LogP contribution in [0.2, 0.25) is 23.2 Å². The molecule has 2 nitrogen and oxygen atoms in total. The second kappa shape index (κ2) is 5.86. The quantitative estimate of drug-likeness (QED) is 0.510. The van der Waals surface area contributed by atoms with Crippen molar-refractivity contribution in [2.75, 3.05) is 0 Å². The van der Waals surface area contributed by atoms with Crippen LogP contribution >= 0.6 is 11.6 Å². The first-order chi connectivity index (χ1) is 9.62. The lowest BCUT2D eigenvalue weighted by molar-refractivity contribution is 0.0981. The molecule has 1 aliphatic rings. The number of rotatable bonds is 2. The maximum atomic E-state index is 12.2. The van der Waals surface area contributed by atoms with Gasteiger partial charge < -0.3 is 4.43 Å². The van der Waals surface area contributed by atoms with Crippen molar-refractivity contribution in [1.29, 1.82) is 0 Å². The number of carbonyl (C=O) groups excluding carboxylic acids is 1. The Bertz CT molecular complexity index is 546. The molecule has 0 fully saturated rings. The van der Waals surface area contributed by atoms with Gasteiger partial charge in [0.25, 0.3) is 0 Å². The zero-order valence-corrected chi connectivity index (χ0v) is 15.4. The van der Waals surface area contributed by atoms with Crippen LogP contribution in [0.1, 0.15) is 62.1 Å². The molecule has 4 heteroatoms. The largest absolute Gasteiger partial charge is 0.410 e. The van der Waals surface area contributed by atoms with Gasteiger partial charge in [-0.2, -0.15) is 0 Å². The Balaban J connectivity index is 2.39. The molecule has 1 aromatic rings. The molecule has 0 radical (unpaired) electrons. The molecule has 0 heterocycles. The molecule has 0 spiro atoms. The van der Waals surface area contributed by atoms with Gasteiger partial charge in [0.1, 0.15) is 0 Å². The molecule has 1 unspecified atom stereocenters. The fourth-order valence-electron chi connectivity index (χ4n) is 2.45. The maximum Gasteiger partial charge on any atom is 0.192 e. The molecule has 0 aliphatic heterocycles. The molecule has 0 saturated carbocycles. The van der Waals surface area contributed by atoms with E-state index in [-0.39, 0.29) is 16.9 Å². The van der Waals surface area contributed by atoms with Crippen LogP contribution in [0.3, 0.4) is 0 Å². The van der Waals surface area contributed by atoms with Gasteiger partial charge in [-0.1, -0.05) is 32.4 Å². The van der Waals surface area contributed by atoms with Gasteiger partial charge in [0.15, 0.2) is 14.1 Å². The van der Waals surface area contributed by atoms with Crippen molar-refractivity contribution >= 4 is 25.7 Å². The van der Waals surface area contributed by atoms with E-state index in [4.69, 9.17) is 16.0 Å². The van der Waals surface area contributed by atoms with Crippen LogP contribution in [-0.4, -0.2) is 14.1 Å². The van der Waals surface area contributed by atoms with Gasteiger partial charge in [-0.3, -0.25) is 4.79 Å². The van der Waals surface area contributed by atoms with Crippen LogP contribution < -0.4 is 0 Å². The topological polar surface area (TPSA) is 26.3 Å². The number of ketones is 1. The minimum Gasteiger partial charge on any atom is -0.410 e. The summed E-state index contributed by atoms with van der Waals surface area (Å²) in [7, 11) is -1.88. The molecule has 0 bridgehead atoms. The molecule has 1 aliphatic carbocycles. The summed E-state index contributed by atoms with van der Waals surface area (Å²) in [5, 5.41) is 0.828. The van der Waals surface area contributed by atoms with Gasteiger partial charge in [-0.05, 0) is 54.7 Å². The van der Waals surface area contributed by atoms with Crippen LogP contribution in [0.25, 0.3) is 0 Å². The summed E-state index contributed by atoms with van der Waals surface area (Å²) >= 11 is 6.15. The molecule has 1 atom stereocenters. The lowest BCUT2D eigenvalue weighted by atomic mass is 10.0. The minimum atomic E-state index is -1.88. The van der Waals surface area contributed by atoms with Crippen molar-refractivity contribution in [2.24, 2.45) is 0 Å². The molecule has 116 valence electrons. The summed E-state index contributed by atoms with van der Waals surface area (Å²) in [6.45, 7) is 11.2. The summed E-state index contributed by atoms with van der Waals surface area (Å²) < 4.78 is 6.58. The van der Waals surface area contributed by atoms with Gasteiger partial charge in [0, 0.05) is 17.0 Å². The van der Waals surface area contributed by atoms with E-state index in [2.05, 4.69) is 33.9 Å². The Morgan fingerprint density at radius 3 is 2.57 bits per heavy atom. The van der Waals surface area contributed by atoms with Gasteiger partial charge in [-0.15, -0.1) is 0 Å². The molecule has 0 amide bonds. The second-order valence-electron chi connectivity index (χ2n) is 7.41. The van der Waals surface area contributed by atoms with E-state index in [1.54, 1.807) is 6.07 Å². The first-order valence-electron chi connectivity index (χ1n) is 7.62. The minimum absolute atomic E-state index is 0.00829. The van der Waals surface area contributed by atoms with Crippen LogP contribution in [0.5, 0.6) is 0 Å². The van der Waals surface area contributed by atoms with Crippen molar-refractivity contribution in [3.63, 3.8) is 0 Å². The average Bonchev–Trinajstić information content (AvgIpc) is 2.48. The first-order valence-corrected chi connectivity index (χ1v) is 10.9. The number of fused-ring (bicyclic) bond motifs is 1. The lowest BCUT2D eigenvalue weighted by Gasteiger charge is -2.39. The highest BCUT2D eigenvalue weighted by molar-refractivity contribution is 6.74. The molecular weight excluding hydrogens is 300 g/mol. The van der Waals surface area contributed by atoms with Crippen molar-refractivity contribution in [3.8, 4) is 0 Å². The van der Waals surface area contributed by atoms with E-state index in [9.17, 15) is 4.79 Å². The Hall–Kier alpha value is -0.643. The van der Waals surface area contributed by atoms with E-state index in [1.807, 2.05) is 12.1 Å². The number of hydrogen-bond acceptors (Lipinski definition) is 2. The standard InChI is InChI=1S/C17H25ClO2Si/c1-17(2,3)21(4,5)20-16-8-6-7-15(19)13-10-9-12(18)11-14(13)16/h9-11,16H,6-8H2,1-5H3. The summed E-state index contributed by atoms with van der Waals surface area (Å²) in [6.07, 6.45) is 2.37. The van der Waals surface area contributed by atoms with E-state index in [0.29, 0.717) is 11.4 Å². The zero-order chi connectivity index (χ0) is 15.8. The molecule has 0 N–H and O–H groups in total. The van der Waals surface area contributed by atoms with Crippen molar-refractivity contribution in [1.82, 2.24) is 0 Å². The first kappa shape index (κ1) is 16.7. The molecule has 21 heavy (non-hydrogen) atoms. The molecular formula is C17H25ClO2Si. The molecule has 1 aromatic carbocycles. The smallest absolute Gasteiger partial charge is 0.192 e. The van der Waals surface area contributed by atoms with Crippen LogP contribution in [-0.2, 0) is 4.43 Å². The molecule has 0 saturated heterocycles. The third-order valence-electron chi connectivity index (χ3n) is 4.77. The number of Topliss-reactive ketones (excluding diaryl/α,β-unsaturated/α-hetero) is 1. The molecule has 0 aromatic heterocycles. The number of hydrogen-bond donors (Lipinski definition) is 0. The van der Waals surface area contributed by atoms with Crippen LogP contribution in [0.15, 0.2) is 18.2 Å². The highest BCUT2D eigenvalue weighted by atomic mass is 35.5. The Kier molecular flexibility index (Phi) is 4.67. The average molecular weight is 325 g/mol. The number of halogens is 1. The highest BCUT2D eigenvalue weighted by Crippen LogP contribution is 2.42. The van der Waals surface area contributed by atoms with E-state index in [1.165, 1.54) is 0 Å². The third kappa shape index (κ3) is 3.58. The van der Waals surface area contributed by atoms with E-state index in [0.717, 1.165) is 24.0 Å². The van der Waals surface area contributed by atoms with E-state index >= 15 is 0 Å². The monoisotopic (exact) mass is 324 g/mol. The van der Waals surface area contributed by atoms with Crippen LogP contribution in [0, 0.1) is 0 Å². The summed E-state index contributed by atoms with van der Waals surface area (Å²) in [6, 6.07) is 5.57. The highest BCUT2D eigenvalue weighted by Gasteiger charge is 2.40. The Morgan fingerprint density at radius 1 is 1.29 bits per heavy atom. The predicted octanol–water partition coefficient (Wildman–Crippen LogP) is 5.77. The summed E-state index contributed by atoms with van der Waals surface area (Å²) in [5.74, 6) is 0.211. The second-order valence-corrected chi connectivity index (χ2v) is 12.6. The van der Waals surface area contributed by atoms with Crippen LogP contribution in [0.4, 0.5) is 0 Å². The van der Waals surface area contributed by atoms with Crippen molar-refractivity contribution < 1.29 is 9.22 Å². The third-order valence-corrected chi connectivity index (χ3v) is 9.50. The summed E-state index contributed by atoms with van der Waals surface area (Å²) in [4.78, 5) is 12.2. The predicted molar refractivity (Wildman–Crippen MR) is 90.7 cm³/mol. The van der Waals surface area contributed by atoms with Gasteiger partial charge in [0.2, 0.25) is 0 Å². The Morgan fingerprint density at radius 2 is 1.95 bits per heavy atom. The van der Waals surface area contributed by atoms with Crippen molar-refractivity contribution in [2.45, 2.75) is 64.3 Å². The summed E-state index contributed by atoms with van der Waals surface area (Å²) in [5.41, 5.74) is 1.77.